The molecule has 0 bridgehead atoms. The summed E-state index contributed by atoms with van der Waals surface area (Å²) in [5, 5.41) is 0. The summed E-state index contributed by atoms with van der Waals surface area (Å²) >= 11 is 0. The van der Waals surface area contributed by atoms with E-state index >= 15 is 0 Å². The minimum atomic E-state index is 0.336. The number of aryl methyl sites for hydroxylation is 1. The maximum Gasteiger partial charge on any atom is 0.225 e. The van der Waals surface area contributed by atoms with Gasteiger partial charge >= 0.3 is 0 Å². The quantitative estimate of drug-likeness (QED) is 0.495. The monoisotopic (exact) mass is 333 g/mol. The van der Waals surface area contributed by atoms with Crippen molar-refractivity contribution < 1.29 is 0 Å². The summed E-state index contributed by atoms with van der Waals surface area (Å²) in [4.78, 5) is 11.9. The van der Waals surface area contributed by atoms with Gasteiger partial charge in [0.2, 0.25) is 5.95 Å². The van der Waals surface area contributed by atoms with E-state index in [4.69, 9.17) is 9.97 Å². The average Bonchev–Trinajstić information content (AvgIpc) is 2.53. The Balaban J connectivity index is 2.92. The van der Waals surface area contributed by atoms with Gasteiger partial charge < -0.3 is 4.90 Å². The molecule has 1 aromatic rings. The van der Waals surface area contributed by atoms with E-state index in [9.17, 15) is 0 Å². The van der Waals surface area contributed by atoms with Crippen molar-refractivity contribution in [3.05, 3.63) is 18.0 Å². The smallest absolute Gasteiger partial charge is 0.225 e. The number of hydrogen-bond acceptors (Lipinski definition) is 3. The lowest BCUT2D eigenvalue weighted by atomic mass is 9.91. The maximum atomic E-state index is 4.73. The molecule has 3 heteroatoms. The van der Waals surface area contributed by atoms with Crippen LogP contribution in [0, 0.1) is 5.41 Å². The Morgan fingerprint density at radius 1 is 0.958 bits per heavy atom. The second kappa shape index (κ2) is 10.7. The lowest BCUT2D eigenvalue weighted by Crippen LogP contribution is -2.38. The molecule has 3 nitrogen and oxygen atoms in total. The molecular weight excluding hydrogens is 294 g/mol. The molecule has 0 unspecified atom stereocenters. The van der Waals surface area contributed by atoms with Gasteiger partial charge in [-0.3, -0.25) is 0 Å². The van der Waals surface area contributed by atoms with Gasteiger partial charge in [-0.1, -0.05) is 60.8 Å². The van der Waals surface area contributed by atoms with Crippen LogP contribution >= 0.6 is 0 Å². The lowest BCUT2D eigenvalue weighted by Gasteiger charge is -2.34. The molecule has 0 saturated carbocycles. The van der Waals surface area contributed by atoms with E-state index < -0.39 is 0 Å². The predicted molar refractivity (Wildman–Crippen MR) is 106 cm³/mol. The Kier molecular flexibility index (Phi) is 9.31. The standard InChI is InChI=1S/C21H39N3/c1-7-10-13-18-16-22-20(23-17-18)24(15-14-21(4,5)6)19(11-8-2)12-9-3/h16-17,19H,7-15H2,1-6H3. The van der Waals surface area contributed by atoms with Crippen molar-refractivity contribution in [2.75, 3.05) is 11.4 Å². The molecule has 0 saturated heterocycles. The first-order chi connectivity index (χ1) is 11.4. The van der Waals surface area contributed by atoms with Crippen molar-refractivity contribution in [1.82, 2.24) is 9.97 Å². The van der Waals surface area contributed by atoms with Crippen molar-refractivity contribution in [3.8, 4) is 0 Å². The van der Waals surface area contributed by atoms with Gasteiger partial charge in [0.15, 0.2) is 0 Å². The number of rotatable bonds is 11. The van der Waals surface area contributed by atoms with Crippen LogP contribution in [0.25, 0.3) is 0 Å². The zero-order valence-corrected chi connectivity index (χ0v) is 16.9. The van der Waals surface area contributed by atoms with Crippen LogP contribution in [-0.4, -0.2) is 22.6 Å². The Bertz CT molecular complexity index is 427. The van der Waals surface area contributed by atoms with Crippen LogP contribution < -0.4 is 4.90 Å². The molecule has 1 heterocycles. The third-order valence-corrected chi connectivity index (χ3v) is 4.55. The van der Waals surface area contributed by atoms with Crippen molar-refractivity contribution >= 4 is 5.95 Å². The first-order valence-electron chi connectivity index (χ1n) is 9.98. The van der Waals surface area contributed by atoms with Crippen LogP contribution in [0.3, 0.4) is 0 Å². The first kappa shape index (κ1) is 20.9. The normalized spacial score (nSPS) is 12.0. The molecule has 0 fully saturated rings. The molecule has 0 spiro atoms. The van der Waals surface area contributed by atoms with Crippen LogP contribution in [-0.2, 0) is 6.42 Å². The molecule has 0 aliphatic heterocycles. The average molecular weight is 334 g/mol. The number of hydrogen-bond donors (Lipinski definition) is 0. The molecule has 0 N–H and O–H groups in total. The zero-order chi connectivity index (χ0) is 18.0. The van der Waals surface area contributed by atoms with Crippen LogP contribution in [0.1, 0.15) is 92.1 Å². The third-order valence-electron chi connectivity index (χ3n) is 4.55. The highest BCUT2D eigenvalue weighted by molar-refractivity contribution is 5.32. The summed E-state index contributed by atoms with van der Waals surface area (Å²) in [7, 11) is 0. The fraction of sp³-hybridized carbons (Fsp3) is 0.810. The first-order valence-corrected chi connectivity index (χ1v) is 9.98. The maximum absolute atomic E-state index is 4.73. The SMILES string of the molecule is CCCCc1cnc(N(CCC(C)(C)C)C(CCC)CCC)nc1. The zero-order valence-electron chi connectivity index (χ0n) is 16.9. The van der Waals surface area contributed by atoms with Gasteiger partial charge in [-0.05, 0) is 43.1 Å². The van der Waals surface area contributed by atoms with Crippen molar-refractivity contribution in [3.63, 3.8) is 0 Å². The van der Waals surface area contributed by atoms with Gasteiger partial charge in [0, 0.05) is 25.0 Å². The topological polar surface area (TPSA) is 29.0 Å². The Labute approximate surface area is 150 Å². The van der Waals surface area contributed by atoms with E-state index in [1.165, 1.54) is 44.1 Å². The summed E-state index contributed by atoms with van der Waals surface area (Å²) in [5.41, 5.74) is 1.60. The van der Waals surface area contributed by atoms with E-state index in [-0.39, 0.29) is 0 Å². The van der Waals surface area contributed by atoms with Gasteiger partial charge in [0.25, 0.3) is 0 Å². The highest BCUT2D eigenvalue weighted by atomic mass is 15.3. The Hall–Kier alpha value is -1.12. The minimum Gasteiger partial charge on any atom is -0.338 e. The number of aromatic nitrogens is 2. The highest BCUT2D eigenvalue weighted by Crippen LogP contribution is 2.24. The summed E-state index contributed by atoms with van der Waals surface area (Å²) in [6.07, 6.45) is 13.6. The molecule has 0 amide bonds. The van der Waals surface area contributed by atoms with E-state index in [0.717, 1.165) is 25.3 Å². The molecular formula is C21H39N3. The van der Waals surface area contributed by atoms with Crippen LogP contribution in [0.2, 0.25) is 0 Å². The molecule has 1 aromatic heterocycles. The van der Waals surface area contributed by atoms with Crippen LogP contribution in [0.15, 0.2) is 12.4 Å². The molecule has 138 valence electrons. The largest absolute Gasteiger partial charge is 0.338 e. The van der Waals surface area contributed by atoms with Gasteiger partial charge in [-0.25, -0.2) is 9.97 Å². The van der Waals surface area contributed by atoms with Crippen LogP contribution in [0.5, 0.6) is 0 Å². The second-order valence-corrected chi connectivity index (χ2v) is 8.23. The summed E-state index contributed by atoms with van der Waals surface area (Å²) in [5.74, 6) is 0.923. The number of nitrogens with zero attached hydrogens (tertiary/aromatic N) is 3. The van der Waals surface area contributed by atoms with Crippen molar-refractivity contribution in [2.45, 2.75) is 99.0 Å². The number of anilines is 1. The molecule has 0 atom stereocenters. The van der Waals surface area contributed by atoms with Gasteiger partial charge in [0.1, 0.15) is 0 Å². The van der Waals surface area contributed by atoms with Crippen molar-refractivity contribution in [2.24, 2.45) is 5.41 Å². The Morgan fingerprint density at radius 2 is 1.54 bits per heavy atom. The third kappa shape index (κ3) is 7.63. The van der Waals surface area contributed by atoms with E-state index in [1.54, 1.807) is 0 Å². The fourth-order valence-corrected chi connectivity index (χ4v) is 3.03. The summed E-state index contributed by atoms with van der Waals surface area (Å²) in [6.45, 7) is 14.8. The molecule has 24 heavy (non-hydrogen) atoms. The summed E-state index contributed by atoms with van der Waals surface area (Å²) in [6, 6.07) is 0.559. The van der Waals surface area contributed by atoms with Gasteiger partial charge in [-0.2, -0.15) is 0 Å². The molecule has 0 aliphatic rings. The summed E-state index contributed by atoms with van der Waals surface area (Å²) < 4.78 is 0. The Morgan fingerprint density at radius 3 is 2.00 bits per heavy atom. The molecule has 0 radical (unpaired) electrons. The van der Waals surface area contributed by atoms with Crippen molar-refractivity contribution in [1.29, 1.82) is 0 Å². The van der Waals surface area contributed by atoms with E-state index in [2.05, 4.69) is 46.4 Å². The lowest BCUT2D eigenvalue weighted by molar-refractivity contribution is 0.363. The highest BCUT2D eigenvalue weighted by Gasteiger charge is 2.22. The van der Waals surface area contributed by atoms with Crippen LogP contribution in [0.4, 0.5) is 5.95 Å². The van der Waals surface area contributed by atoms with Gasteiger partial charge in [-0.15, -0.1) is 0 Å². The molecule has 0 aromatic carbocycles. The van der Waals surface area contributed by atoms with Gasteiger partial charge in [0.05, 0.1) is 0 Å². The number of unbranched alkanes of at least 4 members (excludes halogenated alkanes) is 1. The minimum absolute atomic E-state index is 0.336. The molecule has 1 rings (SSSR count). The second-order valence-electron chi connectivity index (χ2n) is 8.23. The predicted octanol–water partition coefficient (Wildman–Crippen LogP) is 6.03. The molecule has 0 aliphatic carbocycles. The van der Waals surface area contributed by atoms with E-state index in [1.807, 2.05) is 12.4 Å². The fourth-order valence-electron chi connectivity index (χ4n) is 3.03. The van der Waals surface area contributed by atoms with E-state index in [0.29, 0.717) is 11.5 Å².